The lowest BCUT2D eigenvalue weighted by atomic mass is 10.1. The maximum Gasteiger partial charge on any atom is 0.247 e. The van der Waals surface area contributed by atoms with Gasteiger partial charge in [0.15, 0.2) is 0 Å². The Hall–Kier alpha value is -4.44. The van der Waals surface area contributed by atoms with Crippen LogP contribution in [0.5, 0.6) is 11.5 Å². The Morgan fingerprint density at radius 2 is 1.95 bits per heavy atom. The van der Waals surface area contributed by atoms with Gasteiger partial charge >= 0.3 is 0 Å². The van der Waals surface area contributed by atoms with Crippen LogP contribution in [0.4, 0.5) is 21.7 Å². The van der Waals surface area contributed by atoms with Crippen LogP contribution in [0, 0.1) is 0 Å². The summed E-state index contributed by atoms with van der Waals surface area (Å²) < 4.78 is 26.9. The molecule has 4 aromatic rings. The summed E-state index contributed by atoms with van der Waals surface area (Å²) >= 11 is 0. The number of aromatic nitrogens is 3. The van der Waals surface area contributed by atoms with Crippen LogP contribution in [-0.4, -0.2) is 65.9 Å². The predicted molar refractivity (Wildman–Crippen MR) is 153 cm³/mol. The third-order valence-corrected chi connectivity index (χ3v) is 5.91. The minimum Gasteiger partial charge on any atom is -0.492 e. The fourth-order valence-corrected chi connectivity index (χ4v) is 4.09. The molecule has 0 aliphatic heterocycles. The van der Waals surface area contributed by atoms with Gasteiger partial charge in [-0.1, -0.05) is 24.8 Å². The van der Waals surface area contributed by atoms with Crippen molar-refractivity contribution in [1.29, 1.82) is 0 Å². The van der Waals surface area contributed by atoms with Crippen molar-refractivity contribution in [2.45, 2.75) is 13.5 Å². The molecule has 10 heteroatoms. The number of ether oxygens (including phenoxy) is 2. The average Bonchev–Trinajstić information content (AvgIpc) is 3.29. The molecule has 0 radical (unpaired) electrons. The lowest BCUT2D eigenvalue weighted by Gasteiger charge is -2.19. The summed E-state index contributed by atoms with van der Waals surface area (Å²) in [7, 11) is 3.91. The van der Waals surface area contributed by atoms with Crippen molar-refractivity contribution in [1.82, 2.24) is 19.4 Å². The fourth-order valence-electron chi connectivity index (χ4n) is 4.09. The molecule has 0 aliphatic rings. The van der Waals surface area contributed by atoms with Crippen molar-refractivity contribution >= 4 is 34.1 Å². The van der Waals surface area contributed by atoms with E-state index in [1.165, 1.54) is 6.08 Å². The summed E-state index contributed by atoms with van der Waals surface area (Å²) in [5, 5.41) is 7.00. The number of carbonyl (C=O) groups is 1. The lowest BCUT2D eigenvalue weighted by molar-refractivity contribution is -0.111. The van der Waals surface area contributed by atoms with E-state index < -0.39 is 6.67 Å². The van der Waals surface area contributed by atoms with Gasteiger partial charge in [-0.3, -0.25) is 4.79 Å². The molecule has 2 aromatic carbocycles. The smallest absolute Gasteiger partial charge is 0.247 e. The van der Waals surface area contributed by atoms with Gasteiger partial charge in [-0.15, -0.1) is 0 Å². The first-order valence-corrected chi connectivity index (χ1v) is 12.7. The van der Waals surface area contributed by atoms with Crippen molar-refractivity contribution in [2.24, 2.45) is 0 Å². The second kappa shape index (κ2) is 12.9. The maximum atomic E-state index is 13.2. The fraction of sp³-hybridized carbons (Fsp3) is 0.276. The molecule has 4 rings (SSSR count). The highest BCUT2D eigenvalue weighted by Gasteiger charge is 2.17. The number of fused-ring (bicyclic) bond motifs is 1. The molecule has 9 nitrogen and oxygen atoms in total. The number of halogens is 1. The Labute approximate surface area is 227 Å². The SMILES string of the molecule is C=CC(=O)Nc1cc(Nc2nccc(-c3cn(CCF)c4ccccc34)n2)c(OCC)cc1OCCN(C)C. The summed E-state index contributed by atoms with van der Waals surface area (Å²) in [6.45, 7) is 6.75. The Bertz CT molecular complexity index is 1450. The topological polar surface area (TPSA) is 93.5 Å². The molecular weight excluding hydrogens is 499 g/mol. The van der Waals surface area contributed by atoms with Gasteiger partial charge < -0.3 is 29.6 Å². The van der Waals surface area contributed by atoms with Crippen LogP contribution in [0.2, 0.25) is 0 Å². The normalized spacial score (nSPS) is 11.0. The van der Waals surface area contributed by atoms with Crippen LogP contribution in [0.3, 0.4) is 0 Å². The van der Waals surface area contributed by atoms with Gasteiger partial charge in [-0.25, -0.2) is 14.4 Å². The van der Waals surface area contributed by atoms with E-state index in [4.69, 9.17) is 14.5 Å². The van der Waals surface area contributed by atoms with Crippen molar-refractivity contribution in [3.05, 3.63) is 67.5 Å². The molecule has 0 saturated carbocycles. The van der Waals surface area contributed by atoms with Crippen LogP contribution in [0.1, 0.15) is 6.92 Å². The van der Waals surface area contributed by atoms with Gasteiger partial charge in [-0.2, -0.15) is 0 Å². The largest absolute Gasteiger partial charge is 0.492 e. The van der Waals surface area contributed by atoms with E-state index in [1.54, 1.807) is 18.3 Å². The van der Waals surface area contributed by atoms with Crippen LogP contribution >= 0.6 is 0 Å². The minimum atomic E-state index is -0.464. The number of rotatable bonds is 13. The molecule has 0 unspecified atom stereocenters. The summed E-state index contributed by atoms with van der Waals surface area (Å²) in [6.07, 6.45) is 4.76. The summed E-state index contributed by atoms with van der Waals surface area (Å²) in [4.78, 5) is 23.3. The molecule has 0 saturated heterocycles. The van der Waals surface area contributed by atoms with E-state index in [1.807, 2.05) is 67.0 Å². The minimum absolute atomic E-state index is 0.261. The third kappa shape index (κ3) is 6.71. The monoisotopic (exact) mass is 532 g/mol. The van der Waals surface area contributed by atoms with E-state index in [9.17, 15) is 9.18 Å². The van der Waals surface area contributed by atoms with Crippen molar-refractivity contribution in [3.8, 4) is 22.8 Å². The quantitative estimate of drug-likeness (QED) is 0.227. The molecule has 0 aliphatic carbocycles. The zero-order valence-electron chi connectivity index (χ0n) is 22.4. The highest BCUT2D eigenvalue weighted by Crippen LogP contribution is 2.38. The van der Waals surface area contributed by atoms with Crippen molar-refractivity contribution < 1.29 is 18.7 Å². The second-order valence-corrected chi connectivity index (χ2v) is 8.96. The number of benzene rings is 2. The van der Waals surface area contributed by atoms with Crippen molar-refractivity contribution in [3.63, 3.8) is 0 Å². The van der Waals surface area contributed by atoms with E-state index >= 15 is 0 Å². The van der Waals surface area contributed by atoms with Gasteiger partial charge in [0, 0.05) is 41.5 Å². The van der Waals surface area contributed by atoms with E-state index in [0.29, 0.717) is 54.3 Å². The Kier molecular flexibility index (Phi) is 9.11. The Balaban J connectivity index is 1.70. The average molecular weight is 533 g/mol. The van der Waals surface area contributed by atoms with E-state index in [-0.39, 0.29) is 12.5 Å². The Morgan fingerprint density at radius 3 is 2.69 bits per heavy atom. The van der Waals surface area contributed by atoms with E-state index in [2.05, 4.69) is 22.2 Å². The van der Waals surface area contributed by atoms with Crippen molar-refractivity contribution in [2.75, 3.05) is 51.2 Å². The number of para-hydroxylation sites is 1. The highest BCUT2D eigenvalue weighted by molar-refractivity contribution is 6.00. The van der Waals surface area contributed by atoms with Gasteiger partial charge in [0.25, 0.3) is 0 Å². The van der Waals surface area contributed by atoms with Gasteiger partial charge in [0.05, 0.1) is 30.2 Å². The predicted octanol–water partition coefficient (Wildman–Crippen LogP) is 5.28. The third-order valence-electron chi connectivity index (χ3n) is 5.91. The van der Waals surface area contributed by atoms with Gasteiger partial charge in [0.1, 0.15) is 24.8 Å². The molecule has 0 fully saturated rings. The molecule has 1 amide bonds. The standard InChI is InChI=1S/C29H33FN6O3/c1-5-28(37)32-23-17-24(26(38-6-2)18-27(23)39-16-15-35(3)4)34-29-31-13-11-22(33-29)21-19-36(14-12-30)25-10-8-7-9-20(21)25/h5,7-11,13,17-19H,1,6,12,14-16H2,2-4H3,(H,32,37)(H,31,33,34). The molecule has 2 heterocycles. The maximum absolute atomic E-state index is 13.2. The first-order valence-electron chi connectivity index (χ1n) is 12.7. The van der Waals surface area contributed by atoms with E-state index in [0.717, 1.165) is 16.5 Å². The van der Waals surface area contributed by atoms with Crippen LogP contribution in [0.15, 0.2) is 67.5 Å². The highest BCUT2D eigenvalue weighted by atomic mass is 19.1. The van der Waals surface area contributed by atoms with Crippen LogP contribution in [0.25, 0.3) is 22.2 Å². The zero-order chi connectivity index (χ0) is 27.8. The number of anilines is 3. The summed E-state index contributed by atoms with van der Waals surface area (Å²) in [6, 6.07) is 13.1. The number of alkyl halides is 1. The second-order valence-electron chi connectivity index (χ2n) is 8.96. The number of nitrogens with zero attached hydrogens (tertiary/aromatic N) is 4. The number of nitrogens with one attached hydrogen (secondary N) is 2. The summed E-state index contributed by atoms with van der Waals surface area (Å²) in [5.41, 5.74) is 3.49. The number of hydrogen-bond acceptors (Lipinski definition) is 7. The Morgan fingerprint density at radius 1 is 1.15 bits per heavy atom. The number of hydrogen-bond donors (Lipinski definition) is 2. The molecule has 0 atom stereocenters. The molecule has 204 valence electrons. The number of carbonyl (C=O) groups excluding carboxylic acids is 1. The zero-order valence-corrected chi connectivity index (χ0v) is 22.4. The first-order chi connectivity index (χ1) is 18.9. The van der Waals surface area contributed by atoms with Crippen LogP contribution < -0.4 is 20.1 Å². The molecule has 2 aromatic heterocycles. The molecule has 2 N–H and O–H groups in total. The number of likely N-dealkylation sites (N-methyl/N-ethyl adjacent to an activating group) is 1. The molecule has 0 spiro atoms. The number of aryl methyl sites for hydroxylation is 1. The lowest BCUT2D eigenvalue weighted by Crippen LogP contribution is -2.20. The molecular formula is C29H33FN6O3. The van der Waals surface area contributed by atoms with Gasteiger partial charge in [-0.05, 0) is 45.3 Å². The molecule has 39 heavy (non-hydrogen) atoms. The molecule has 0 bridgehead atoms. The first kappa shape index (κ1) is 27.6. The summed E-state index contributed by atoms with van der Waals surface area (Å²) in [5.74, 6) is 0.947. The van der Waals surface area contributed by atoms with Gasteiger partial charge in [0.2, 0.25) is 11.9 Å². The number of amides is 1. The van der Waals surface area contributed by atoms with Crippen LogP contribution in [-0.2, 0) is 11.3 Å².